The highest BCUT2D eigenvalue weighted by atomic mass is 14.5. The molecule has 4 aliphatic carbocycles. The molecule has 10 aromatic rings. The van der Waals surface area contributed by atoms with E-state index in [1.165, 1.54) is 179 Å². The Hall–Kier alpha value is -7.80. The zero-order chi connectivity index (χ0) is 67.9. The lowest BCUT2D eigenvalue weighted by atomic mass is 9.68. The second-order valence-corrected chi connectivity index (χ2v) is 33.7. The predicted octanol–water partition coefficient (Wildman–Crippen LogP) is 28.1. The Morgan fingerprint density at radius 3 is 0.835 bits per heavy atom. The van der Waals surface area contributed by atoms with Gasteiger partial charge in [0.1, 0.15) is 0 Å². The molecule has 0 aliphatic heterocycles. The van der Waals surface area contributed by atoms with Crippen LogP contribution in [0.1, 0.15) is 224 Å². The normalized spacial score (nSPS) is 15.3. The topological polar surface area (TPSA) is 0 Å². The first-order chi connectivity index (χ1) is 46.6. The van der Waals surface area contributed by atoms with Gasteiger partial charge in [-0.3, -0.25) is 0 Å². The molecule has 0 bridgehead atoms. The van der Waals surface area contributed by atoms with E-state index in [1.54, 1.807) is 22.3 Å². The van der Waals surface area contributed by atoms with Crippen molar-refractivity contribution in [2.24, 2.45) is 35.5 Å². The molecule has 0 radical (unpaired) electrons. The van der Waals surface area contributed by atoms with E-state index in [-0.39, 0.29) is 21.7 Å². The van der Waals surface area contributed by atoms with E-state index >= 15 is 0 Å². The van der Waals surface area contributed by atoms with E-state index in [4.69, 9.17) is 0 Å². The van der Waals surface area contributed by atoms with Crippen LogP contribution in [0.4, 0.5) is 0 Å². The zero-order valence-corrected chi connectivity index (χ0v) is 61.5. The molecule has 0 fully saturated rings. The van der Waals surface area contributed by atoms with E-state index in [1.807, 2.05) is 0 Å². The molecular weight excluding hydrogens is 1170 g/mol. The first kappa shape index (κ1) is 66.4. The molecule has 496 valence electrons. The first-order valence-electron chi connectivity index (χ1n) is 37.9. The fourth-order valence-corrected chi connectivity index (χ4v) is 18.5. The van der Waals surface area contributed by atoms with E-state index in [0.717, 1.165) is 25.7 Å². The lowest BCUT2D eigenvalue weighted by molar-refractivity contribution is 0.364. The molecule has 0 saturated carbocycles. The largest absolute Gasteiger partial charge is 0.0628 e. The van der Waals surface area contributed by atoms with Gasteiger partial charge in [0.05, 0.1) is 0 Å². The molecule has 0 saturated heterocycles. The number of rotatable bonds is 23. The summed E-state index contributed by atoms with van der Waals surface area (Å²) in [4.78, 5) is 0. The van der Waals surface area contributed by atoms with Crippen molar-refractivity contribution in [3.05, 3.63) is 250 Å². The van der Waals surface area contributed by atoms with Gasteiger partial charge in [0.25, 0.3) is 0 Å². The summed E-state index contributed by atoms with van der Waals surface area (Å²) in [6, 6.07) is 80.3. The number of hydrogen-bond acceptors (Lipinski definition) is 0. The van der Waals surface area contributed by atoms with Gasteiger partial charge in [-0.1, -0.05) is 260 Å². The molecule has 97 heavy (non-hydrogen) atoms. The van der Waals surface area contributed by atoms with Gasteiger partial charge in [0, 0.05) is 21.7 Å². The minimum absolute atomic E-state index is 0.0132. The molecule has 0 aromatic heterocycles. The average Bonchev–Trinajstić information content (AvgIpc) is 1.58. The summed E-state index contributed by atoms with van der Waals surface area (Å²) in [6.07, 6.45) is 14.0. The molecule has 0 nitrogen and oxygen atoms in total. The standard InChI is InChI=1S/C97H108/c1-61(2)40-46-95(47-41-62(3)4)84-29-23-22-28-76(84)77-35-30-70(55-85(77)95)71-31-36-78-79-37-32-72(57-87(79)96(86(78)56-71,48-42-63(5)6)49-43-64(7)8)73-33-38-80-81-39-34-74(59-89(81)97(88(80)58-73,50-44-65(9)10)51-45-66(11)12)75-54-83(69-26-20-17-21-27-69)93-91(60-75)94(14,15)90-53-67(13)52-82(92(90)93)68-24-18-16-19-25-68/h16-39,52-66H,40-51H2,1-15H3. The quantitative estimate of drug-likeness (QED) is 0.0599. The maximum absolute atomic E-state index is 2.70. The zero-order valence-electron chi connectivity index (χ0n) is 61.5. The Morgan fingerprint density at radius 1 is 0.227 bits per heavy atom. The van der Waals surface area contributed by atoms with Crippen LogP contribution in [-0.2, 0) is 21.7 Å². The maximum Gasteiger partial charge on any atom is 0.0215 e. The Bertz CT molecular complexity index is 4530. The number of hydrogen-bond donors (Lipinski definition) is 0. The third-order valence-corrected chi connectivity index (χ3v) is 24.1. The molecule has 0 N–H and O–H groups in total. The van der Waals surface area contributed by atoms with Crippen molar-refractivity contribution in [2.45, 2.75) is 203 Å². The van der Waals surface area contributed by atoms with Crippen LogP contribution in [0.2, 0.25) is 0 Å². The van der Waals surface area contributed by atoms with Crippen LogP contribution >= 0.6 is 0 Å². The lowest BCUT2D eigenvalue weighted by Gasteiger charge is -2.35. The van der Waals surface area contributed by atoms with Crippen molar-refractivity contribution >= 4 is 0 Å². The molecular formula is C97H108. The number of benzene rings is 10. The van der Waals surface area contributed by atoms with E-state index < -0.39 is 0 Å². The Kier molecular flexibility index (Phi) is 17.9. The molecule has 0 heterocycles. The van der Waals surface area contributed by atoms with Gasteiger partial charge >= 0.3 is 0 Å². The number of fused-ring (bicyclic) bond motifs is 12. The van der Waals surface area contributed by atoms with Crippen LogP contribution in [0.5, 0.6) is 0 Å². The smallest absolute Gasteiger partial charge is 0.0215 e. The highest BCUT2D eigenvalue weighted by Gasteiger charge is 2.48. The Morgan fingerprint density at radius 2 is 0.495 bits per heavy atom. The van der Waals surface area contributed by atoms with Crippen molar-refractivity contribution in [2.75, 3.05) is 0 Å². The van der Waals surface area contributed by atoms with Crippen molar-refractivity contribution in [1.29, 1.82) is 0 Å². The van der Waals surface area contributed by atoms with E-state index in [2.05, 4.69) is 304 Å². The van der Waals surface area contributed by atoms with Crippen LogP contribution in [0, 0.1) is 42.4 Å². The summed E-state index contributed by atoms with van der Waals surface area (Å²) >= 11 is 0. The SMILES string of the molecule is Cc1cc(-c2ccccc2)c2c(c1)C(C)(C)c1cc(-c3ccc4c(c3)C(CCC(C)C)(CCC(C)C)c3cc(-c5ccc6c(c5)C(CCC(C)C)(CCC(C)C)c5cc(-c7ccc8c(c7)C(CCC(C)C)(CCC(C)C)c7ccccc7-8)ccc5-6)ccc3-4)cc(-c3ccccc3)c1-2. The molecule has 0 atom stereocenters. The third kappa shape index (κ3) is 11.7. The van der Waals surface area contributed by atoms with Crippen molar-refractivity contribution in [3.63, 3.8) is 0 Å². The molecule has 14 rings (SSSR count). The molecule has 0 amide bonds. The van der Waals surface area contributed by atoms with Gasteiger partial charge in [-0.15, -0.1) is 0 Å². The van der Waals surface area contributed by atoms with Crippen LogP contribution in [0.3, 0.4) is 0 Å². The lowest BCUT2D eigenvalue weighted by Crippen LogP contribution is -2.27. The van der Waals surface area contributed by atoms with Crippen molar-refractivity contribution in [1.82, 2.24) is 0 Å². The number of aryl methyl sites for hydroxylation is 1. The fraction of sp³-hybridized carbons (Fsp3) is 0.381. The van der Waals surface area contributed by atoms with Crippen LogP contribution < -0.4 is 0 Å². The summed E-state index contributed by atoms with van der Waals surface area (Å²) in [6.45, 7) is 36.4. The average molecular weight is 1270 g/mol. The van der Waals surface area contributed by atoms with Crippen molar-refractivity contribution < 1.29 is 0 Å². The van der Waals surface area contributed by atoms with Gasteiger partial charge in [0.2, 0.25) is 0 Å². The molecule has 0 heteroatoms. The summed E-state index contributed by atoms with van der Waals surface area (Å²) in [5, 5.41) is 0. The third-order valence-electron chi connectivity index (χ3n) is 24.1. The molecule has 0 unspecified atom stereocenters. The second-order valence-electron chi connectivity index (χ2n) is 33.7. The summed E-state index contributed by atoms with van der Waals surface area (Å²) in [7, 11) is 0. The maximum atomic E-state index is 2.70. The Labute approximate surface area is 584 Å². The van der Waals surface area contributed by atoms with Crippen LogP contribution in [0.15, 0.2) is 200 Å². The van der Waals surface area contributed by atoms with Gasteiger partial charge in [0.15, 0.2) is 0 Å². The summed E-state index contributed by atoms with van der Waals surface area (Å²) < 4.78 is 0. The Balaban J connectivity index is 0.893. The minimum Gasteiger partial charge on any atom is -0.0628 e. The van der Waals surface area contributed by atoms with Gasteiger partial charge in [-0.2, -0.15) is 0 Å². The van der Waals surface area contributed by atoms with Gasteiger partial charge in [-0.05, 0) is 307 Å². The fourth-order valence-electron chi connectivity index (χ4n) is 18.5. The van der Waals surface area contributed by atoms with Crippen molar-refractivity contribution in [3.8, 4) is 100 Å². The van der Waals surface area contributed by atoms with Crippen LogP contribution in [0.25, 0.3) is 100 Å². The predicted molar refractivity (Wildman–Crippen MR) is 419 cm³/mol. The second kappa shape index (κ2) is 26.1. The van der Waals surface area contributed by atoms with Crippen LogP contribution in [-0.4, -0.2) is 0 Å². The van der Waals surface area contributed by atoms with Gasteiger partial charge < -0.3 is 0 Å². The van der Waals surface area contributed by atoms with Gasteiger partial charge in [-0.25, -0.2) is 0 Å². The molecule has 10 aromatic carbocycles. The summed E-state index contributed by atoms with van der Waals surface area (Å²) in [5.41, 5.74) is 37.6. The van der Waals surface area contributed by atoms with E-state index in [9.17, 15) is 0 Å². The molecule has 0 spiro atoms. The highest BCUT2D eigenvalue weighted by molar-refractivity contribution is 6.02. The highest BCUT2D eigenvalue weighted by Crippen LogP contribution is 2.62. The van der Waals surface area contributed by atoms with E-state index in [0.29, 0.717) is 35.5 Å². The first-order valence-corrected chi connectivity index (χ1v) is 37.9. The monoisotopic (exact) mass is 1270 g/mol. The molecule has 4 aliphatic rings. The minimum atomic E-state index is -0.211. The summed E-state index contributed by atoms with van der Waals surface area (Å²) in [5.74, 6) is 3.64.